The lowest BCUT2D eigenvalue weighted by Gasteiger charge is -2.36. The molecular weight excluding hydrogens is 517 g/mol. The number of pyridine rings is 2. The van der Waals surface area contributed by atoms with Crippen molar-refractivity contribution in [2.75, 3.05) is 36.0 Å². The van der Waals surface area contributed by atoms with Crippen LogP contribution >= 0.6 is 0 Å². The number of carbonyl (C=O) groups is 1. The molecule has 0 spiro atoms. The predicted molar refractivity (Wildman–Crippen MR) is 146 cm³/mol. The van der Waals surface area contributed by atoms with Crippen LogP contribution in [0.2, 0.25) is 0 Å². The lowest BCUT2D eigenvalue weighted by Crippen LogP contribution is -2.47. The number of ether oxygens (including phenoxy) is 1. The van der Waals surface area contributed by atoms with Gasteiger partial charge in [0.2, 0.25) is 5.43 Å². The number of fused-ring (bicyclic) bond motifs is 1. The van der Waals surface area contributed by atoms with Gasteiger partial charge in [-0.2, -0.15) is 0 Å². The van der Waals surface area contributed by atoms with E-state index in [1.165, 1.54) is 10.8 Å². The van der Waals surface area contributed by atoms with Crippen molar-refractivity contribution in [3.8, 4) is 11.4 Å². The Hall–Kier alpha value is -5.26. The molecule has 0 radical (unpaired) electrons. The minimum absolute atomic E-state index is 0.0883. The second-order valence-electron chi connectivity index (χ2n) is 9.30. The summed E-state index contributed by atoms with van der Waals surface area (Å²) < 4.78 is 23.4. The molecule has 3 aromatic heterocycles. The van der Waals surface area contributed by atoms with Crippen molar-refractivity contribution in [2.24, 2.45) is 0 Å². The summed E-state index contributed by atoms with van der Waals surface area (Å²) in [4.78, 5) is 33.0. The number of para-hydroxylation sites is 1. The summed E-state index contributed by atoms with van der Waals surface area (Å²) in [6, 6.07) is 18.4. The summed E-state index contributed by atoms with van der Waals surface area (Å²) in [6.07, 6.45) is 2.97. The van der Waals surface area contributed by atoms with Gasteiger partial charge in [0, 0.05) is 43.8 Å². The molecular formula is C28H24FN7O4. The number of anilines is 2. The van der Waals surface area contributed by atoms with Crippen molar-refractivity contribution in [2.45, 2.75) is 6.54 Å². The van der Waals surface area contributed by atoms with Crippen molar-refractivity contribution in [1.82, 2.24) is 24.5 Å². The van der Waals surface area contributed by atoms with E-state index in [0.29, 0.717) is 38.4 Å². The number of hydrogen-bond acceptors (Lipinski definition) is 8. The summed E-state index contributed by atoms with van der Waals surface area (Å²) in [7, 11) is 0. The summed E-state index contributed by atoms with van der Waals surface area (Å²) in [6.45, 7) is 2.92. The van der Waals surface area contributed by atoms with Crippen molar-refractivity contribution in [1.29, 1.82) is 0 Å². The standard InChI is InChI=1S/C28H24FN7O4/c29-23-16-22-25(37)24(40-28(38)39)18-36(21-8-6-19(7-9-21)17-35-11-10-30-32-35)26(22)31-27(23)34-14-12-33(13-15-34)20-4-2-1-3-5-20/h1-11,16,18H,12-15,17H2,(H,38,39). The molecule has 1 aliphatic heterocycles. The van der Waals surface area contributed by atoms with E-state index in [2.05, 4.69) is 20.2 Å². The highest BCUT2D eigenvalue weighted by atomic mass is 19.1. The van der Waals surface area contributed by atoms with E-state index in [4.69, 9.17) is 4.74 Å². The highest BCUT2D eigenvalue weighted by Gasteiger charge is 2.24. The average Bonchev–Trinajstić information content (AvgIpc) is 3.48. The Balaban J connectivity index is 1.38. The first-order valence-electron chi connectivity index (χ1n) is 12.6. The normalized spacial score (nSPS) is 13.5. The second-order valence-corrected chi connectivity index (χ2v) is 9.30. The van der Waals surface area contributed by atoms with Crippen LogP contribution in [0.4, 0.5) is 20.7 Å². The summed E-state index contributed by atoms with van der Waals surface area (Å²) in [5.74, 6) is -0.986. The lowest BCUT2D eigenvalue weighted by atomic mass is 10.2. The molecule has 2 aromatic carbocycles. The zero-order chi connectivity index (χ0) is 27.6. The van der Waals surface area contributed by atoms with Crippen LogP contribution in [0.5, 0.6) is 5.75 Å². The third kappa shape index (κ3) is 4.94. The van der Waals surface area contributed by atoms with Gasteiger partial charge in [-0.1, -0.05) is 35.5 Å². The third-order valence-corrected chi connectivity index (χ3v) is 6.81. The van der Waals surface area contributed by atoms with Gasteiger partial charge in [-0.25, -0.2) is 18.9 Å². The zero-order valence-corrected chi connectivity index (χ0v) is 21.2. The molecule has 4 heterocycles. The smallest absolute Gasteiger partial charge is 0.449 e. The van der Waals surface area contributed by atoms with Crippen molar-refractivity contribution >= 4 is 28.7 Å². The van der Waals surface area contributed by atoms with Gasteiger partial charge in [0.15, 0.2) is 23.0 Å². The van der Waals surface area contributed by atoms with Gasteiger partial charge in [-0.05, 0) is 35.9 Å². The molecule has 40 heavy (non-hydrogen) atoms. The van der Waals surface area contributed by atoms with E-state index < -0.39 is 23.2 Å². The molecule has 1 fully saturated rings. The van der Waals surface area contributed by atoms with Crippen molar-refractivity contribution < 1.29 is 19.0 Å². The number of aromatic nitrogens is 5. The quantitative estimate of drug-likeness (QED) is 0.322. The van der Waals surface area contributed by atoms with E-state index in [9.17, 15) is 14.7 Å². The minimum Gasteiger partial charge on any atom is -0.449 e. The van der Waals surface area contributed by atoms with Crippen LogP contribution in [-0.4, -0.2) is 62.0 Å². The molecule has 1 saturated heterocycles. The summed E-state index contributed by atoms with van der Waals surface area (Å²) in [5, 5.41) is 16.9. The fourth-order valence-electron chi connectivity index (χ4n) is 4.86. The zero-order valence-electron chi connectivity index (χ0n) is 21.2. The Kier molecular flexibility index (Phi) is 6.56. The van der Waals surface area contributed by atoms with Crippen LogP contribution in [-0.2, 0) is 6.54 Å². The first-order valence-corrected chi connectivity index (χ1v) is 12.6. The van der Waals surface area contributed by atoms with Gasteiger partial charge in [0.05, 0.1) is 24.3 Å². The van der Waals surface area contributed by atoms with E-state index >= 15 is 4.39 Å². The number of nitrogens with zero attached hydrogens (tertiary/aromatic N) is 7. The van der Waals surface area contributed by atoms with Crippen LogP contribution in [0.1, 0.15) is 5.56 Å². The molecule has 5 aromatic rings. The lowest BCUT2D eigenvalue weighted by molar-refractivity contribution is 0.144. The molecule has 0 amide bonds. The number of halogens is 1. The van der Waals surface area contributed by atoms with Crippen molar-refractivity contribution in [3.63, 3.8) is 0 Å². The average molecular weight is 542 g/mol. The topological polar surface area (TPSA) is 119 Å². The molecule has 0 bridgehead atoms. The van der Waals surface area contributed by atoms with Gasteiger partial charge in [0.1, 0.15) is 0 Å². The predicted octanol–water partition coefficient (Wildman–Crippen LogP) is 3.55. The summed E-state index contributed by atoms with van der Waals surface area (Å²) in [5.41, 5.74) is 2.05. The maximum Gasteiger partial charge on any atom is 0.511 e. The van der Waals surface area contributed by atoms with Crippen molar-refractivity contribution in [3.05, 3.63) is 101 Å². The maximum atomic E-state index is 15.4. The minimum atomic E-state index is -1.65. The molecule has 0 unspecified atom stereocenters. The Morgan fingerprint density at radius 1 is 0.975 bits per heavy atom. The number of carboxylic acid groups (broad SMARTS) is 1. The van der Waals surface area contributed by atoms with Crippen LogP contribution in [0.15, 0.2) is 84.0 Å². The Morgan fingerprint density at radius 3 is 2.38 bits per heavy atom. The Morgan fingerprint density at radius 2 is 1.70 bits per heavy atom. The SMILES string of the molecule is O=C(O)Oc1cn(-c2ccc(Cn3ccnn3)cc2)c2nc(N3CCN(c4ccccc4)CC3)c(F)cc2c1=O. The fraction of sp³-hybridized carbons (Fsp3) is 0.179. The third-order valence-electron chi connectivity index (χ3n) is 6.81. The van der Waals surface area contributed by atoms with Gasteiger partial charge >= 0.3 is 6.16 Å². The monoisotopic (exact) mass is 541 g/mol. The molecule has 0 aliphatic carbocycles. The molecule has 6 rings (SSSR count). The van der Waals surface area contributed by atoms with Crippen LogP contribution < -0.4 is 20.0 Å². The van der Waals surface area contributed by atoms with Gasteiger partial charge in [-0.15, -0.1) is 5.10 Å². The van der Waals surface area contributed by atoms with Gasteiger partial charge in [-0.3, -0.25) is 9.36 Å². The van der Waals surface area contributed by atoms with Crippen LogP contribution in [0.25, 0.3) is 16.7 Å². The largest absolute Gasteiger partial charge is 0.511 e. The van der Waals surface area contributed by atoms with E-state index in [0.717, 1.165) is 17.3 Å². The fourth-order valence-corrected chi connectivity index (χ4v) is 4.86. The maximum absolute atomic E-state index is 15.4. The van der Waals surface area contributed by atoms with Crippen LogP contribution in [0, 0.1) is 5.82 Å². The van der Waals surface area contributed by atoms with E-state index in [1.54, 1.807) is 29.2 Å². The number of rotatable bonds is 6. The van der Waals surface area contributed by atoms with Gasteiger partial charge in [0.25, 0.3) is 0 Å². The molecule has 0 atom stereocenters. The van der Waals surface area contributed by atoms with Crippen LogP contribution in [0.3, 0.4) is 0 Å². The summed E-state index contributed by atoms with van der Waals surface area (Å²) >= 11 is 0. The second kappa shape index (κ2) is 10.5. The highest BCUT2D eigenvalue weighted by Crippen LogP contribution is 2.27. The molecule has 1 N–H and O–H groups in total. The molecule has 12 heteroatoms. The first kappa shape index (κ1) is 25.0. The Labute approximate surface area is 227 Å². The molecule has 0 saturated carbocycles. The number of benzene rings is 2. The van der Waals surface area contributed by atoms with E-state index in [-0.39, 0.29) is 16.9 Å². The Bertz CT molecular complexity index is 1720. The molecule has 11 nitrogen and oxygen atoms in total. The highest BCUT2D eigenvalue weighted by molar-refractivity contribution is 5.81. The number of piperazine rings is 1. The first-order chi connectivity index (χ1) is 19.5. The number of hydrogen-bond donors (Lipinski definition) is 1. The van der Waals surface area contributed by atoms with Gasteiger partial charge < -0.3 is 19.6 Å². The molecule has 202 valence electrons. The van der Waals surface area contributed by atoms with E-state index in [1.807, 2.05) is 47.4 Å². The molecule has 1 aliphatic rings.